The number of hydrogen-bond acceptors (Lipinski definition) is 5. The second kappa shape index (κ2) is 8.18. The fourth-order valence-corrected chi connectivity index (χ4v) is 3.76. The molecule has 156 valence electrons. The number of rotatable bonds is 5. The lowest BCUT2D eigenvalue weighted by molar-refractivity contribution is -0.139. The van der Waals surface area contributed by atoms with Gasteiger partial charge in [0.05, 0.1) is 6.54 Å². The van der Waals surface area contributed by atoms with E-state index in [0.29, 0.717) is 24.6 Å². The first-order valence-electron chi connectivity index (χ1n) is 9.81. The molecular formula is C20H27N5O4. The Morgan fingerprint density at radius 1 is 1.34 bits per heavy atom. The minimum Gasteiger partial charge on any atom is -0.335 e. The monoisotopic (exact) mass is 401 g/mol. The zero-order chi connectivity index (χ0) is 21.2. The van der Waals surface area contributed by atoms with Gasteiger partial charge in [-0.2, -0.15) is 0 Å². The minimum absolute atomic E-state index is 0.208. The minimum atomic E-state index is -0.878. The van der Waals surface area contributed by atoms with Crippen LogP contribution in [0.5, 0.6) is 0 Å². The van der Waals surface area contributed by atoms with Crippen LogP contribution in [-0.2, 0) is 14.4 Å². The third kappa shape index (κ3) is 4.55. The van der Waals surface area contributed by atoms with Gasteiger partial charge in [0.1, 0.15) is 17.9 Å². The first kappa shape index (κ1) is 20.8. The Kier molecular flexibility index (Phi) is 5.86. The van der Waals surface area contributed by atoms with E-state index in [2.05, 4.69) is 22.5 Å². The number of amides is 5. The number of carbonyl (C=O) groups is 4. The molecule has 0 radical (unpaired) electrons. The lowest BCUT2D eigenvalue weighted by Crippen LogP contribution is -2.50. The van der Waals surface area contributed by atoms with Crippen molar-refractivity contribution in [1.82, 2.24) is 20.1 Å². The molecule has 0 atom stereocenters. The average molecular weight is 401 g/mol. The van der Waals surface area contributed by atoms with E-state index in [1.54, 1.807) is 12.3 Å². The van der Waals surface area contributed by atoms with E-state index in [9.17, 15) is 19.2 Å². The number of imide groups is 1. The van der Waals surface area contributed by atoms with Crippen LogP contribution >= 0.6 is 0 Å². The molecule has 0 unspecified atom stereocenters. The molecule has 1 aliphatic heterocycles. The number of pyridine rings is 1. The summed E-state index contributed by atoms with van der Waals surface area (Å²) in [6.07, 6.45) is 4.48. The third-order valence-corrected chi connectivity index (χ3v) is 5.66. The van der Waals surface area contributed by atoms with Gasteiger partial charge in [-0.3, -0.25) is 19.3 Å². The smallest absolute Gasteiger partial charge is 0.325 e. The summed E-state index contributed by atoms with van der Waals surface area (Å²) < 4.78 is 0. The molecule has 1 saturated carbocycles. The van der Waals surface area contributed by atoms with E-state index in [-0.39, 0.29) is 19.0 Å². The van der Waals surface area contributed by atoms with Crippen molar-refractivity contribution in [2.75, 3.05) is 25.5 Å². The Hall–Kier alpha value is -2.97. The van der Waals surface area contributed by atoms with Crippen molar-refractivity contribution >= 4 is 29.6 Å². The number of carbonyl (C=O) groups excluding carboxylic acids is 4. The average Bonchev–Trinajstić information content (AvgIpc) is 2.88. The molecule has 29 heavy (non-hydrogen) atoms. The van der Waals surface area contributed by atoms with Crippen LogP contribution < -0.4 is 10.6 Å². The van der Waals surface area contributed by atoms with Gasteiger partial charge in [-0.1, -0.05) is 6.92 Å². The molecule has 5 amide bonds. The Morgan fingerprint density at radius 2 is 2.03 bits per heavy atom. The summed E-state index contributed by atoms with van der Waals surface area (Å²) in [7, 11) is 1.46. The van der Waals surface area contributed by atoms with Crippen molar-refractivity contribution in [3.8, 4) is 0 Å². The number of nitrogens with zero attached hydrogens (tertiary/aromatic N) is 3. The SMILES string of the molecule is Cc1ccnc(NC(=O)CN(C)C(=O)CN2C(=O)NC3(CCC(C)CC3)C2=O)c1. The molecule has 1 saturated heterocycles. The fraction of sp³-hybridized carbons (Fsp3) is 0.550. The maximum absolute atomic E-state index is 12.8. The number of urea groups is 1. The molecule has 1 spiro atoms. The highest BCUT2D eigenvalue weighted by atomic mass is 16.2. The van der Waals surface area contributed by atoms with Gasteiger partial charge in [0.15, 0.2) is 0 Å². The zero-order valence-corrected chi connectivity index (χ0v) is 17.0. The summed E-state index contributed by atoms with van der Waals surface area (Å²) in [5.41, 5.74) is 0.0701. The molecule has 0 aromatic carbocycles. The highest BCUT2D eigenvalue weighted by Crippen LogP contribution is 2.36. The van der Waals surface area contributed by atoms with Crippen molar-refractivity contribution in [3.05, 3.63) is 23.9 Å². The number of likely N-dealkylation sites (N-methyl/N-ethyl adjacent to an activating group) is 1. The number of nitrogens with one attached hydrogen (secondary N) is 2. The van der Waals surface area contributed by atoms with E-state index in [0.717, 1.165) is 23.3 Å². The van der Waals surface area contributed by atoms with Gasteiger partial charge < -0.3 is 15.5 Å². The van der Waals surface area contributed by atoms with Gasteiger partial charge >= 0.3 is 6.03 Å². The van der Waals surface area contributed by atoms with Crippen LogP contribution in [0, 0.1) is 12.8 Å². The Labute approximate surface area is 169 Å². The van der Waals surface area contributed by atoms with Crippen molar-refractivity contribution in [1.29, 1.82) is 0 Å². The molecule has 1 aromatic heterocycles. The molecule has 2 N–H and O–H groups in total. The zero-order valence-electron chi connectivity index (χ0n) is 17.0. The summed E-state index contributed by atoms with van der Waals surface area (Å²) in [5.74, 6) is -0.313. The van der Waals surface area contributed by atoms with Crippen molar-refractivity contribution in [2.45, 2.75) is 45.1 Å². The molecule has 1 aromatic rings. The first-order valence-corrected chi connectivity index (χ1v) is 9.81. The van der Waals surface area contributed by atoms with Crippen LogP contribution in [0.3, 0.4) is 0 Å². The van der Waals surface area contributed by atoms with Gasteiger partial charge in [0.2, 0.25) is 11.8 Å². The number of anilines is 1. The van der Waals surface area contributed by atoms with Crippen molar-refractivity contribution in [2.24, 2.45) is 5.92 Å². The maximum atomic E-state index is 12.8. The van der Waals surface area contributed by atoms with Crippen LogP contribution in [0.4, 0.5) is 10.6 Å². The lowest BCUT2D eigenvalue weighted by Gasteiger charge is -2.33. The highest BCUT2D eigenvalue weighted by Gasteiger charge is 2.52. The normalized spacial score (nSPS) is 23.8. The van der Waals surface area contributed by atoms with Crippen LogP contribution in [-0.4, -0.2) is 64.2 Å². The largest absolute Gasteiger partial charge is 0.335 e. The maximum Gasteiger partial charge on any atom is 0.325 e. The molecule has 1 aliphatic carbocycles. The van der Waals surface area contributed by atoms with E-state index >= 15 is 0 Å². The van der Waals surface area contributed by atoms with E-state index < -0.39 is 23.4 Å². The van der Waals surface area contributed by atoms with Gasteiger partial charge in [-0.15, -0.1) is 0 Å². The predicted octanol–water partition coefficient (Wildman–Crippen LogP) is 1.29. The molecule has 2 heterocycles. The van der Waals surface area contributed by atoms with Gasteiger partial charge in [0.25, 0.3) is 5.91 Å². The molecule has 0 bridgehead atoms. The summed E-state index contributed by atoms with van der Waals surface area (Å²) in [4.78, 5) is 56.1. The Balaban J connectivity index is 1.55. The molecule has 3 rings (SSSR count). The molecule has 2 aliphatic rings. The van der Waals surface area contributed by atoms with Crippen LogP contribution in [0.2, 0.25) is 0 Å². The Bertz CT molecular complexity index is 832. The first-order chi connectivity index (χ1) is 13.7. The quantitative estimate of drug-likeness (QED) is 0.722. The summed E-state index contributed by atoms with van der Waals surface area (Å²) in [6.45, 7) is 3.42. The third-order valence-electron chi connectivity index (χ3n) is 5.66. The van der Waals surface area contributed by atoms with Crippen molar-refractivity contribution < 1.29 is 19.2 Å². The number of hydrogen-bond donors (Lipinski definition) is 2. The molecule has 2 fully saturated rings. The van der Waals surface area contributed by atoms with Crippen LogP contribution in [0.1, 0.15) is 38.2 Å². The Morgan fingerprint density at radius 3 is 2.69 bits per heavy atom. The molecular weight excluding hydrogens is 374 g/mol. The highest BCUT2D eigenvalue weighted by molar-refractivity contribution is 6.09. The van der Waals surface area contributed by atoms with Crippen molar-refractivity contribution in [3.63, 3.8) is 0 Å². The lowest BCUT2D eigenvalue weighted by atomic mass is 9.77. The van der Waals surface area contributed by atoms with E-state index in [1.165, 1.54) is 11.9 Å². The fourth-order valence-electron chi connectivity index (χ4n) is 3.76. The van der Waals surface area contributed by atoms with Gasteiger partial charge in [-0.05, 0) is 56.2 Å². The van der Waals surface area contributed by atoms with E-state index in [1.807, 2.05) is 13.0 Å². The predicted molar refractivity (Wildman–Crippen MR) is 106 cm³/mol. The number of aromatic nitrogens is 1. The topological polar surface area (TPSA) is 112 Å². The summed E-state index contributed by atoms with van der Waals surface area (Å²) in [5, 5.41) is 5.42. The van der Waals surface area contributed by atoms with Crippen LogP contribution in [0.15, 0.2) is 18.3 Å². The molecule has 9 nitrogen and oxygen atoms in total. The molecule has 9 heteroatoms. The number of aryl methyl sites for hydroxylation is 1. The second-order valence-electron chi connectivity index (χ2n) is 8.10. The van der Waals surface area contributed by atoms with Gasteiger partial charge in [0, 0.05) is 13.2 Å². The van der Waals surface area contributed by atoms with Crippen LogP contribution in [0.25, 0.3) is 0 Å². The standard InChI is InChI=1S/C20H27N5O4/c1-13-4-7-20(8-5-13)18(28)25(19(29)23-20)12-17(27)24(3)11-16(26)22-15-10-14(2)6-9-21-15/h6,9-10,13H,4-5,7-8,11-12H2,1-3H3,(H,23,29)(H,21,22,26). The second-order valence-corrected chi connectivity index (χ2v) is 8.10. The van der Waals surface area contributed by atoms with Gasteiger partial charge in [-0.25, -0.2) is 9.78 Å². The summed E-state index contributed by atoms with van der Waals surface area (Å²) >= 11 is 0. The van der Waals surface area contributed by atoms with E-state index in [4.69, 9.17) is 0 Å². The summed E-state index contributed by atoms with van der Waals surface area (Å²) in [6, 6.07) is 2.99.